The number of aromatic nitrogens is 1. The van der Waals surface area contributed by atoms with Gasteiger partial charge in [-0.15, -0.1) is 11.3 Å². The molecule has 1 aromatic heterocycles. The van der Waals surface area contributed by atoms with Crippen molar-refractivity contribution in [2.75, 3.05) is 13.1 Å². The van der Waals surface area contributed by atoms with Gasteiger partial charge >= 0.3 is 5.97 Å². The standard InChI is InChI=1S/C13H23N3O2S/c1-9(2)13(4,12(17)18)15-6-5-14-7-11-8-19-10(3)16-11/h8-9,14-15H,5-7H2,1-4H3,(H,17,18)/t13-/m0/s1. The van der Waals surface area contributed by atoms with Gasteiger partial charge < -0.3 is 15.7 Å². The molecule has 0 aliphatic carbocycles. The topological polar surface area (TPSA) is 74.2 Å². The summed E-state index contributed by atoms with van der Waals surface area (Å²) in [7, 11) is 0. The van der Waals surface area contributed by atoms with Crippen molar-refractivity contribution in [3.63, 3.8) is 0 Å². The molecule has 0 amide bonds. The van der Waals surface area contributed by atoms with Crippen LogP contribution >= 0.6 is 11.3 Å². The molecule has 0 aliphatic heterocycles. The molecule has 0 spiro atoms. The van der Waals surface area contributed by atoms with Gasteiger partial charge in [-0.25, -0.2) is 4.98 Å². The van der Waals surface area contributed by atoms with Crippen molar-refractivity contribution in [2.45, 2.75) is 39.8 Å². The molecule has 3 N–H and O–H groups in total. The summed E-state index contributed by atoms with van der Waals surface area (Å²) in [5.74, 6) is -0.774. The first kappa shape index (κ1) is 16.1. The molecule has 5 nitrogen and oxygen atoms in total. The van der Waals surface area contributed by atoms with E-state index < -0.39 is 11.5 Å². The minimum atomic E-state index is -0.876. The molecule has 0 saturated carbocycles. The number of aliphatic carboxylic acids is 1. The van der Waals surface area contributed by atoms with Crippen LogP contribution in [-0.2, 0) is 11.3 Å². The lowest BCUT2D eigenvalue weighted by atomic mass is 9.88. The predicted molar refractivity (Wildman–Crippen MR) is 77.4 cm³/mol. The number of thiazole rings is 1. The lowest BCUT2D eigenvalue weighted by Gasteiger charge is -2.30. The van der Waals surface area contributed by atoms with Crippen LogP contribution in [0.5, 0.6) is 0 Å². The smallest absolute Gasteiger partial charge is 0.323 e. The van der Waals surface area contributed by atoms with Crippen LogP contribution in [0.3, 0.4) is 0 Å². The van der Waals surface area contributed by atoms with Gasteiger partial charge in [0.05, 0.1) is 10.7 Å². The third kappa shape index (κ3) is 4.56. The Morgan fingerprint density at radius 2 is 2.21 bits per heavy atom. The number of carbonyl (C=O) groups is 1. The Kier molecular flexibility index (Phi) is 5.90. The van der Waals surface area contributed by atoms with Crippen molar-refractivity contribution >= 4 is 17.3 Å². The first-order chi connectivity index (χ1) is 8.86. The van der Waals surface area contributed by atoms with Crippen LogP contribution in [0.15, 0.2) is 5.38 Å². The maximum absolute atomic E-state index is 11.3. The van der Waals surface area contributed by atoms with Gasteiger partial charge in [0.25, 0.3) is 0 Å². The van der Waals surface area contributed by atoms with Crippen LogP contribution in [0, 0.1) is 12.8 Å². The van der Waals surface area contributed by atoms with Crippen molar-refractivity contribution in [1.82, 2.24) is 15.6 Å². The SMILES string of the molecule is Cc1nc(CNCCN[C@](C)(C(=O)O)C(C)C)cs1. The van der Waals surface area contributed by atoms with Gasteiger partial charge in [0, 0.05) is 25.0 Å². The highest BCUT2D eigenvalue weighted by Crippen LogP contribution is 2.16. The number of nitrogens with one attached hydrogen (secondary N) is 2. The Morgan fingerprint density at radius 1 is 1.53 bits per heavy atom. The lowest BCUT2D eigenvalue weighted by Crippen LogP contribution is -2.55. The second-order valence-corrected chi connectivity index (χ2v) is 6.19. The molecule has 19 heavy (non-hydrogen) atoms. The molecule has 1 atom stereocenters. The molecule has 0 radical (unpaired) electrons. The average Bonchev–Trinajstić information content (AvgIpc) is 2.73. The van der Waals surface area contributed by atoms with Crippen LogP contribution in [0.2, 0.25) is 0 Å². The number of nitrogens with zero attached hydrogens (tertiary/aromatic N) is 1. The zero-order chi connectivity index (χ0) is 14.5. The van der Waals surface area contributed by atoms with Crippen LogP contribution in [0.1, 0.15) is 31.5 Å². The third-order valence-electron chi connectivity index (χ3n) is 3.37. The van der Waals surface area contributed by atoms with Crippen molar-refractivity contribution in [1.29, 1.82) is 0 Å². The van der Waals surface area contributed by atoms with Gasteiger partial charge in [0.15, 0.2) is 0 Å². The zero-order valence-electron chi connectivity index (χ0n) is 12.0. The van der Waals surface area contributed by atoms with E-state index in [0.717, 1.165) is 17.2 Å². The fraction of sp³-hybridized carbons (Fsp3) is 0.692. The lowest BCUT2D eigenvalue weighted by molar-refractivity contribution is -0.146. The fourth-order valence-corrected chi connectivity index (χ4v) is 2.26. The van der Waals surface area contributed by atoms with Gasteiger partial charge in [0.2, 0.25) is 0 Å². The largest absolute Gasteiger partial charge is 0.480 e. The molecule has 0 unspecified atom stereocenters. The summed E-state index contributed by atoms with van der Waals surface area (Å²) < 4.78 is 0. The molecule has 1 heterocycles. The molecular formula is C13H23N3O2S. The van der Waals surface area contributed by atoms with Gasteiger partial charge in [-0.3, -0.25) is 4.79 Å². The highest BCUT2D eigenvalue weighted by molar-refractivity contribution is 7.09. The van der Waals surface area contributed by atoms with E-state index in [9.17, 15) is 9.90 Å². The molecule has 6 heteroatoms. The average molecular weight is 285 g/mol. The molecule has 1 rings (SSSR count). The highest BCUT2D eigenvalue weighted by Gasteiger charge is 2.35. The number of hydrogen-bond donors (Lipinski definition) is 3. The Morgan fingerprint density at radius 3 is 2.68 bits per heavy atom. The second kappa shape index (κ2) is 6.98. The van der Waals surface area contributed by atoms with Crippen molar-refractivity contribution in [2.24, 2.45) is 5.92 Å². The normalized spacial score (nSPS) is 14.6. The summed E-state index contributed by atoms with van der Waals surface area (Å²) >= 11 is 1.64. The minimum absolute atomic E-state index is 0.0335. The van der Waals surface area contributed by atoms with E-state index >= 15 is 0 Å². The second-order valence-electron chi connectivity index (χ2n) is 5.12. The summed E-state index contributed by atoms with van der Waals surface area (Å²) in [6.45, 7) is 9.58. The summed E-state index contributed by atoms with van der Waals surface area (Å²) in [4.78, 5) is 15.6. The molecule has 1 aromatic rings. The summed E-state index contributed by atoms with van der Waals surface area (Å²) in [5, 5.41) is 18.7. The van der Waals surface area contributed by atoms with Crippen molar-refractivity contribution < 1.29 is 9.90 Å². The van der Waals surface area contributed by atoms with Crippen LogP contribution in [0.25, 0.3) is 0 Å². The monoisotopic (exact) mass is 285 g/mol. The van der Waals surface area contributed by atoms with Crippen LogP contribution in [0.4, 0.5) is 0 Å². The molecule has 0 bridgehead atoms. The van der Waals surface area contributed by atoms with E-state index in [-0.39, 0.29) is 5.92 Å². The van der Waals surface area contributed by atoms with E-state index in [4.69, 9.17) is 0 Å². The van der Waals surface area contributed by atoms with E-state index in [1.807, 2.05) is 26.2 Å². The van der Waals surface area contributed by atoms with Gasteiger partial charge in [-0.1, -0.05) is 13.8 Å². The van der Waals surface area contributed by atoms with E-state index in [1.165, 1.54) is 0 Å². The van der Waals surface area contributed by atoms with Gasteiger partial charge in [-0.2, -0.15) is 0 Å². The van der Waals surface area contributed by atoms with Crippen LogP contribution in [-0.4, -0.2) is 34.7 Å². The summed E-state index contributed by atoms with van der Waals surface area (Å²) in [5.41, 5.74) is 0.158. The Hall–Kier alpha value is -0.980. The predicted octanol–water partition coefficient (Wildman–Crippen LogP) is 1.63. The minimum Gasteiger partial charge on any atom is -0.480 e. The molecule has 0 aromatic carbocycles. The van der Waals surface area contributed by atoms with Crippen LogP contribution < -0.4 is 10.6 Å². The van der Waals surface area contributed by atoms with Gasteiger partial charge in [0.1, 0.15) is 5.54 Å². The van der Waals surface area contributed by atoms with Crippen molar-refractivity contribution in [3.05, 3.63) is 16.1 Å². The number of carboxylic acid groups (broad SMARTS) is 1. The Labute approximate surface area is 118 Å². The maximum atomic E-state index is 11.3. The Bertz CT molecular complexity index is 420. The quantitative estimate of drug-likeness (QED) is 0.633. The van der Waals surface area contributed by atoms with E-state index in [2.05, 4.69) is 15.6 Å². The molecule has 0 aliphatic rings. The van der Waals surface area contributed by atoms with Gasteiger partial charge in [-0.05, 0) is 19.8 Å². The number of rotatable bonds is 8. The fourth-order valence-electron chi connectivity index (χ4n) is 1.64. The number of aryl methyl sites for hydroxylation is 1. The first-order valence-corrected chi connectivity index (χ1v) is 7.34. The van der Waals surface area contributed by atoms with E-state index in [1.54, 1.807) is 18.3 Å². The molecular weight excluding hydrogens is 262 g/mol. The molecule has 108 valence electrons. The first-order valence-electron chi connectivity index (χ1n) is 6.46. The van der Waals surface area contributed by atoms with E-state index in [0.29, 0.717) is 13.1 Å². The van der Waals surface area contributed by atoms with Crippen molar-refractivity contribution in [3.8, 4) is 0 Å². The Balaban J connectivity index is 2.28. The summed E-state index contributed by atoms with van der Waals surface area (Å²) in [6, 6.07) is 0. The molecule has 0 fully saturated rings. The highest BCUT2D eigenvalue weighted by atomic mass is 32.1. The maximum Gasteiger partial charge on any atom is 0.323 e. The molecule has 0 saturated heterocycles. The third-order valence-corrected chi connectivity index (χ3v) is 4.19. The number of hydrogen-bond acceptors (Lipinski definition) is 5. The number of carboxylic acids is 1. The summed E-state index contributed by atoms with van der Waals surface area (Å²) in [6.07, 6.45) is 0. The zero-order valence-corrected chi connectivity index (χ0v) is 12.8.